The first-order chi connectivity index (χ1) is 15.8. The van der Waals surface area contributed by atoms with Crippen LogP contribution in [0.5, 0.6) is 0 Å². The lowest BCUT2D eigenvalue weighted by Crippen LogP contribution is -2.56. The molecule has 0 aromatic carbocycles. The molecular weight excluding hydrogens is 424 g/mol. The summed E-state index contributed by atoms with van der Waals surface area (Å²) >= 11 is 0. The van der Waals surface area contributed by atoms with Crippen LogP contribution in [0, 0.1) is 11.8 Å². The average Bonchev–Trinajstić information content (AvgIpc) is 3.34. The topological polar surface area (TPSA) is 96.4 Å². The van der Waals surface area contributed by atoms with Gasteiger partial charge in [0, 0.05) is 19.6 Å². The second kappa shape index (κ2) is 10.4. The van der Waals surface area contributed by atoms with E-state index in [4.69, 9.17) is 9.47 Å². The first-order valence-corrected chi connectivity index (χ1v) is 12.1. The summed E-state index contributed by atoms with van der Waals surface area (Å²) in [4.78, 5) is 43.7. The van der Waals surface area contributed by atoms with Crippen LogP contribution >= 0.6 is 0 Å². The Morgan fingerprint density at radius 2 is 2.06 bits per heavy atom. The Hall–Kier alpha value is -2.19. The lowest BCUT2D eigenvalue weighted by Gasteiger charge is -2.36. The van der Waals surface area contributed by atoms with Gasteiger partial charge in [-0.3, -0.25) is 14.4 Å². The zero-order valence-electron chi connectivity index (χ0n) is 20.0. The number of likely N-dealkylation sites (tertiary alicyclic amines) is 1. The Labute approximate surface area is 196 Å². The molecule has 3 rings (SSSR count). The van der Waals surface area contributed by atoms with Crippen molar-refractivity contribution in [2.45, 2.75) is 69.6 Å². The van der Waals surface area contributed by atoms with E-state index in [1.165, 1.54) is 4.90 Å². The summed E-state index contributed by atoms with van der Waals surface area (Å²) in [5.74, 6) is -2.57. The highest BCUT2D eigenvalue weighted by Gasteiger charge is 2.78. The van der Waals surface area contributed by atoms with Crippen molar-refractivity contribution >= 4 is 17.8 Å². The highest BCUT2D eigenvalue weighted by molar-refractivity contribution is 5.98. The van der Waals surface area contributed by atoms with Gasteiger partial charge < -0.3 is 24.4 Å². The molecule has 3 saturated heterocycles. The number of ether oxygens (including phenoxy) is 2. The number of hydrogen-bond acceptors (Lipinski definition) is 6. The number of aliphatic hydroxyl groups excluding tert-OH is 1. The van der Waals surface area contributed by atoms with Gasteiger partial charge in [0.25, 0.3) is 0 Å². The predicted octanol–water partition coefficient (Wildman–Crippen LogP) is 2.07. The van der Waals surface area contributed by atoms with Crippen molar-refractivity contribution in [3.8, 4) is 0 Å². The number of β-amino-alcohol motifs (C(OH)–C–C–N with tert-alkyl or cyclic N) is 1. The molecule has 2 bridgehead atoms. The Morgan fingerprint density at radius 1 is 1.30 bits per heavy atom. The van der Waals surface area contributed by atoms with E-state index in [1.807, 2.05) is 6.92 Å². The summed E-state index contributed by atoms with van der Waals surface area (Å²) in [7, 11) is 0. The van der Waals surface area contributed by atoms with Gasteiger partial charge in [-0.1, -0.05) is 31.9 Å². The lowest BCUT2D eigenvalue weighted by molar-refractivity contribution is -0.160. The third-order valence-electron chi connectivity index (χ3n) is 7.36. The van der Waals surface area contributed by atoms with Gasteiger partial charge in [0.1, 0.15) is 17.6 Å². The molecule has 184 valence electrons. The maximum Gasteiger partial charge on any atom is 0.312 e. The highest BCUT2D eigenvalue weighted by Crippen LogP contribution is 2.63. The van der Waals surface area contributed by atoms with E-state index < -0.39 is 35.0 Å². The van der Waals surface area contributed by atoms with Gasteiger partial charge in [0.15, 0.2) is 0 Å². The van der Waals surface area contributed by atoms with E-state index in [1.54, 1.807) is 17.1 Å². The molecule has 3 heterocycles. The fourth-order valence-electron chi connectivity index (χ4n) is 5.92. The van der Waals surface area contributed by atoms with Crippen LogP contribution in [-0.2, 0) is 23.9 Å². The second-order valence-electron chi connectivity index (χ2n) is 9.51. The van der Waals surface area contributed by atoms with E-state index in [-0.39, 0.29) is 31.6 Å². The summed E-state index contributed by atoms with van der Waals surface area (Å²) in [6, 6.07) is -0.878. The molecule has 8 nitrogen and oxygen atoms in total. The van der Waals surface area contributed by atoms with Crippen molar-refractivity contribution in [3.05, 3.63) is 25.3 Å². The molecule has 1 spiro atoms. The molecule has 0 aromatic heterocycles. The van der Waals surface area contributed by atoms with Gasteiger partial charge >= 0.3 is 5.97 Å². The summed E-state index contributed by atoms with van der Waals surface area (Å²) in [6.45, 7) is 12.2. The third-order valence-corrected chi connectivity index (χ3v) is 7.36. The van der Waals surface area contributed by atoms with E-state index in [2.05, 4.69) is 20.1 Å². The normalized spacial score (nSPS) is 32.0. The number of fused-ring (bicyclic) bond motifs is 1. The number of esters is 1. The number of amides is 2. The summed E-state index contributed by atoms with van der Waals surface area (Å²) in [5.41, 5.74) is -1.95. The molecule has 3 fully saturated rings. The monoisotopic (exact) mass is 462 g/mol. The van der Waals surface area contributed by atoms with Gasteiger partial charge in [-0.05, 0) is 32.6 Å². The van der Waals surface area contributed by atoms with Crippen LogP contribution < -0.4 is 0 Å². The average molecular weight is 463 g/mol. The first-order valence-electron chi connectivity index (χ1n) is 12.1. The Balaban J connectivity index is 1.95. The zero-order chi connectivity index (χ0) is 24.2. The van der Waals surface area contributed by atoms with Gasteiger partial charge in [0.2, 0.25) is 11.8 Å². The van der Waals surface area contributed by atoms with E-state index in [9.17, 15) is 19.5 Å². The van der Waals surface area contributed by atoms with E-state index in [0.29, 0.717) is 32.4 Å². The van der Waals surface area contributed by atoms with Crippen LogP contribution in [0.25, 0.3) is 0 Å². The molecule has 0 radical (unpaired) electrons. The minimum Gasteiger partial charge on any atom is -0.465 e. The van der Waals surface area contributed by atoms with Crippen molar-refractivity contribution < 1.29 is 29.0 Å². The smallest absolute Gasteiger partial charge is 0.312 e. The van der Waals surface area contributed by atoms with Crippen molar-refractivity contribution in [3.63, 3.8) is 0 Å². The fourth-order valence-corrected chi connectivity index (χ4v) is 5.92. The van der Waals surface area contributed by atoms with Crippen LogP contribution in [0.4, 0.5) is 0 Å². The number of rotatable bonds is 13. The number of carbonyl (C=O) groups excluding carboxylic acids is 3. The number of unbranched alkanes of at least 4 members (excludes halogenated alkanes) is 2. The van der Waals surface area contributed by atoms with Crippen molar-refractivity contribution in [2.75, 3.05) is 32.8 Å². The number of nitrogens with zero attached hydrogens (tertiary/aromatic N) is 2. The molecule has 5 atom stereocenters. The molecule has 33 heavy (non-hydrogen) atoms. The largest absolute Gasteiger partial charge is 0.465 e. The van der Waals surface area contributed by atoms with Crippen molar-refractivity contribution in [1.82, 2.24) is 9.80 Å². The molecule has 8 heteroatoms. The van der Waals surface area contributed by atoms with Crippen LogP contribution in [0.2, 0.25) is 0 Å². The van der Waals surface area contributed by atoms with Gasteiger partial charge in [-0.15, -0.1) is 13.2 Å². The molecular formula is C25H38N2O6. The quantitative estimate of drug-likeness (QED) is 0.256. The minimum atomic E-state index is -1.09. The molecule has 3 aliphatic rings. The summed E-state index contributed by atoms with van der Waals surface area (Å²) < 4.78 is 12.0. The maximum absolute atomic E-state index is 13.9. The minimum absolute atomic E-state index is 0.0166. The summed E-state index contributed by atoms with van der Waals surface area (Å²) in [6.07, 6.45) is 7.80. The molecule has 1 N–H and O–H groups in total. The maximum atomic E-state index is 13.9. The predicted molar refractivity (Wildman–Crippen MR) is 123 cm³/mol. The van der Waals surface area contributed by atoms with Gasteiger partial charge in [0.05, 0.1) is 24.7 Å². The van der Waals surface area contributed by atoms with Gasteiger partial charge in [-0.25, -0.2) is 0 Å². The van der Waals surface area contributed by atoms with Crippen molar-refractivity contribution in [2.24, 2.45) is 11.8 Å². The fraction of sp³-hybridized carbons (Fsp3) is 0.720. The molecule has 2 amide bonds. The standard InChI is InChI=1S/C25H38N2O6/c1-5-8-10-14-26(13-7-3)22(30)20-25-12-11-24(4,33-25)19(23(31)32-17-9-6-2)18(25)21(29)27(20)15-16-28/h6-7,18-20,28H,2-3,5,8-17H2,1,4H3/t18-,19+,20?,24-,25?/m0/s1. The Morgan fingerprint density at radius 3 is 2.70 bits per heavy atom. The van der Waals surface area contributed by atoms with Gasteiger partial charge in [-0.2, -0.15) is 0 Å². The Kier molecular flexibility index (Phi) is 8.00. The first kappa shape index (κ1) is 25.4. The SMILES string of the molecule is C=CCCOC(=O)[C@H]1[C@H]2C(=O)N(CCO)C(C(=O)N(CC=C)CCCCC)C23CC[C@]1(C)O3. The molecule has 0 saturated carbocycles. The van der Waals surface area contributed by atoms with Crippen LogP contribution in [0.15, 0.2) is 25.3 Å². The molecule has 0 aromatic rings. The number of carbonyl (C=O) groups is 3. The highest BCUT2D eigenvalue weighted by atomic mass is 16.6. The lowest BCUT2D eigenvalue weighted by atomic mass is 9.66. The van der Waals surface area contributed by atoms with Crippen LogP contribution in [-0.4, -0.2) is 82.8 Å². The van der Waals surface area contributed by atoms with E-state index >= 15 is 0 Å². The second-order valence-corrected chi connectivity index (χ2v) is 9.51. The number of hydrogen-bond donors (Lipinski definition) is 1. The Bertz CT molecular complexity index is 785. The number of aliphatic hydroxyl groups is 1. The summed E-state index contributed by atoms with van der Waals surface area (Å²) in [5, 5.41) is 9.68. The van der Waals surface area contributed by atoms with E-state index in [0.717, 1.165) is 19.3 Å². The van der Waals surface area contributed by atoms with Crippen molar-refractivity contribution in [1.29, 1.82) is 0 Å². The molecule has 2 unspecified atom stereocenters. The zero-order valence-corrected chi connectivity index (χ0v) is 20.0. The molecule has 3 aliphatic heterocycles. The third kappa shape index (κ3) is 4.35. The van der Waals surface area contributed by atoms with Crippen LogP contribution in [0.1, 0.15) is 52.4 Å². The molecule has 0 aliphatic carbocycles. The van der Waals surface area contributed by atoms with Crippen LogP contribution in [0.3, 0.4) is 0 Å².